The van der Waals surface area contributed by atoms with E-state index in [1.54, 1.807) is 0 Å². The van der Waals surface area contributed by atoms with Crippen molar-refractivity contribution in [1.29, 1.82) is 0 Å². The van der Waals surface area contributed by atoms with E-state index < -0.39 is 17.9 Å². The number of amides is 1. The molecule has 0 aliphatic heterocycles. The van der Waals surface area contributed by atoms with Gasteiger partial charge in [0, 0.05) is 5.02 Å². The molecule has 5 nitrogen and oxygen atoms in total. The Kier molecular flexibility index (Phi) is 5.18. The van der Waals surface area contributed by atoms with Gasteiger partial charge >= 0.3 is 5.97 Å². The summed E-state index contributed by atoms with van der Waals surface area (Å²) in [5.41, 5.74) is -0.0393. The van der Waals surface area contributed by atoms with Crippen molar-refractivity contribution in [3.8, 4) is 5.75 Å². The number of aromatic hydroxyl groups is 1. The smallest absolute Gasteiger partial charge is 0.326 e. The van der Waals surface area contributed by atoms with E-state index in [1.807, 2.05) is 13.8 Å². The van der Waals surface area contributed by atoms with Gasteiger partial charge in [-0.2, -0.15) is 0 Å². The number of phenolic OH excluding ortho intramolecular Hbond substituents is 1. The highest BCUT2D eigenvalue weighted by atomic mass is 35.5. The first-order chi connectivity index (χ1) is 8.81. The van der Waals surface area contributed by atoms with E-state index in [9.17, 15) is 14.7 Å². The highest BCUT2D eigenvalue weighted by molar-refractivity contribution is 6.31. The second-order valence-corrected chi connectivity index (χ2v) is 5.09. The largest absolute Gasteiger partial charge is 0.507 e. The average molecular weight is 286 g/mol. The molecule has 1 aromatic carbocycles. The Labute approximate surface area is 116 Å². The number of phenols is 1. The Hall–Kier alpha value is -1.75. The van der Waals surface area contributed by atoms with Gasteiger partial charge in [-0.25, -0.2) is 4.79 Å². The van der Waals surface area contributed by atoms with Gasteiger partial charge in [0.25, 0.3) is 5.91 Å². The number of nitrogens with one attached hydrogen (secondary N) is 1. The van der Waals surface area contributed by atoms with E-state index >= 15 is 0 Å². The molecule has 0 radical (unpaired) electrons. The molecule has 0 spiro atoms. The van der Waals surface area contributed by atoms with Crippen molar-refractivity contribution in [2.75, 3.05) is 0 Å². The van der Waals surface area contributed by atoms with Crippen LogP contribution in [0.25, 0.3) is 0 Å². The van der Waals surface area contributed by atoms with Crippen LogP contribution in [0.15, 0.2) is 18.2 Å². The molecule has 104 valence electrons. The minimum absolute atomic E-state index is 0.0393. The fourth-order valence-corrected chi connectivity index (χ4v) is 1.79. The number of carbonyl (C=O) groups is 2. The summed E-state index contributed by atoms with van der Waals surface area (Å²) in [5.74, 6) is -1.89. The first-order valence-electron chi connectivity index (χ1n) is 5.83. The van der Waals surface area contributed by atoms with Crippen LogP contribution in [0.5, 0.6) is 5.75 Å². The predicted octanol–water partition coefficient (Wildman–Crippen LogP) is 2.27. The summed E-state index contributed by atoms with van der Waals surface area (Å²) in [6.07, 6.45) is 0.308. The zero-order chi connectivity index (χ0) is 14.6. The number of carboxylic acid groups (broad SMARTS) is 1. The number of aliphatic carboxylic acids is 1. The monoisotopic (exact) mass is 285 g/mol. The van der Waals surface area contributed by atoms with Gasteiger partial charge in [-0.3, -0.25) is 4.79 Å². The predicted molar refractivity (Wildman–Crippen MR) is 71.5 cm³/mol. The van der Waals surface area contributed by atoms with Crippen LogP contribution in [0, 0.1) is 5.92 Å². The third kappa shape index (κ3) is 4.44. The van der Waals surface area contributed by atoms with Crippen molar-refractivity contribution >= 4 is 23.5 Å². The number of halogens is 1. The van der Waals surface area contributed by atoms with Crippen molar-refractivity contribution in [3.05, 3.63) is 28.8 Å². The molecule has 0 unspecified atom stereocenters. The molecule has 0 saturated carbocycles. The SMILES string of the molecule is CC(C)C[C@@H](NC(=O)c1cc(Cl)ccc1O)C(=O)O. The molecule has 0 heterocycles. The van der Waals surface area contributed by atoms with Gasteiger partial charge in [-0.1, -0.05) is 25.4 Å². The molecular weight excluding hydrogens is 270 g/mol. The van der Waals surface area contributed by atoms with Crippen molar-refractivity contribution < 1.29 is 19.8 Å². The molecule has 0 fully saturated rings. The van der Waals surface area contributed by atoms with Crippen molar-refractivity contribution in [1.82, 2.24) is 5.32 Å². The van der Waals surface area contributed by atoms with Crippen LogP contribution in [0.1, 0.15) is 30.6 Å². The zero-order valence-corrected chi connectivity index (χ0v) is 11.4. The maximum atomic E-state index is 11.9. The van der Waals surface area contributed by atoms with Gasteiger partial charge in [-0.05, 0) is 30.5 Å². The summed E-state index contributed by atoms with van der Waals surface area (Å²) in [5, 5.41) is 21.3. The molecule has 6 heteroatoms. The van der Waals surface area contributed by atoms with Gasteiger partial charge in [0.05, 0.1) is 5.56 Å². The lowest BCUT2D eigenvalue weighted by Gasteiger charge is -2.16. The molecule has 0 bridgehead atoms. The lowest BCUT2D eigenvalue weighted by molar-refractivity contribution is -0.139. The van der Waals surface area contributed by atoms with Crippen LogP contribution in [0.2, 0.25) is 5.02 Å². The van der Waals surface area contributed by atoms with Crippen LogP contribution >= 0.6 is 11.6 Å². The van der Waals surface area contributed by atoms with Crippen molar-refractivity contribution in [2.45, 2.75) is 26.3 Å². The molecule has 3 N–H and O–H groups in total. The zero-order valence-electron chi connectivity index (χ0n) is 10.7. The van der Waals surface area contributed by atoms with E-state index in [0.29, 0.717) is 11.4 Å². The maximum absolute atomic E-state index is 11.9. The average Bonchev–Trinajstić information content (AvgIpc) is 2.30. The summed E-state index contributed by atoms with van der Waals surface area (Å²) in [6.45, 7) is 3.72. The molecular formula is C13H16ClNO4. The summed E-state index contributed by atoms with van der Waals surface area (Å²) in [6, 6.07) is 3.03. The third-order valence-corrected chi connectivity index (χ3v) is 2.75. The summed E-state index contributed by atoms with van der Waals surface area (Å²) in [4.78, 5) is 23.0. The van der Waals surface area contributed by atoms with E-state index in [2.05, 4.69) is 5.32 Å². The molecule has 0 aliphatic carbocycles. The fourth-order valence-electron chi connectivity index (χ4n) is 1.62. The van der Waals surface area contributed by atoms with E-state index in [1.165, 1.54) is 18.2 Å². The highest BCUT2D eigenvalue weighted by Gasteiger charge is 2.23. The maximum Gasteiger partial charge on any atom is 0.326 e. The lowest BCUT2D eigenvalue weighted by atomic mass is 10.0. The first-order valence-corrected chi connectivity index (χ1v) is 6.21. The summed E-state index contributed by atoms with van der Waals surface area (Å²) in [7, 11) is 0. The molecule has 1 amide bonds. The van der Waals surface area contributed by atoms with Gasteiger partial charge in [0.1, 0.15) is 11.8 Å². The van der Waals surface area contributed by atoms with E-state index in [-0.39, 0.29) is 17.2 Å². The quantitative estimate of drug-likeness (QED) is 0.774. The molecule has 1 rings (SSSR count). The Morgan fingerprint density at radius 3 is 2.53 bits per heavy atom. The number of benzene rings is 1. The summed E-state index contributed by atoms with van der Waals surface area (Å²) < 4.78 is 0. The van der Waals surface area contributed by atoms with E-state index in [4.69, 9.17) is 16.7 Å². The number of hydrogen-bond donors (Lipinski definition) is 3. The number of carboxylic acids is 1. The number of hydrogen-bond acceptors (Lipinski definition) is 3. The van der Waals surface area contributed by atoms with Gasteiger partial charge < -0.3 is 15.5 Å². The minimum atomic E-state index is -1.11. The molecule has 1 aromatic rings. The van der Waals surface area contributed by atoms with Gasteiger partial charge in [0.2, 0.25) is 0 Å². The van der Waals surface area contributed by atoms with Crippen molar-refractivity contribution in [2.24, 2.45) is 5.92 Å². The van der Waals surface area contributed by atoms with Crippen LogP contribution < -0.4 is 5.32 Å². The standard InChI is InChI=1S/C13H16ClNO4/c1-7(2)5-10(13(18)19)15-12(17)9-6-8(14)3-4-11(9)16/h3-4,6-7,10,16H,5H2,1-2H3,(H,15,17)(H,18,19)/t10-/m1/s1. The molecule has 0 saturated heterocycles. The third-order valence-electron chi connectivity index (χ3n) is 2.51. The second-order valence-electron chi connectivity index (χ2n) is 4.66. The number of carbonyl (C=O) groups excluding carboxylic acids is 1. The molecule has 19 heavy (non-hydrogen) atoms. The topological polar surface area (TPSA) is 86.6 Å². The second kappa shape index (κ2) is 6.43. The minimum Gasteiger partial charge on any atom is -0.507 e. The Bertz CT molecular complexity index is 488. The molecule has 0 aromatic heterocycles. The highest BCUT2D eigenvalue weighted by Crippen LogP contribution is 2.21. The molecule has 1 atom stereocenters. The Balaban J connectivity index is 2.87. The van der Waals surface area contributed by atoms with Crippen LogP contribution in [-0.2, 0) is 4.79 Å². The van der Waals surface area contributed by atoms with Gasteiger partial charge in [0.15, 0.2) is 0 Å². The number of rotatable bonds is 5. The normalized spacial score (nSPS) is 12.2. The first kappa shape index (κ1) is 15.3. The van der Waals surface area contributed by atoms with Crippen LogP contribution in [-0.4, -0.2) is 28.1 Å². The van der Waals surface area contributed by atoms with Crippen molar-refractivity contribution in [3.63, 3.8) is 0 Å². The molecule has 0 aliphatic rings. The lowest BCUT2D eigenvalue weighted by Crippen LogP contribution is -2.41. The fraction of sp³-hybridized carbons (Fsp3) is 0.385. The van der Waals surface area contributed by atoms with E-state index in [0.717, 1.165) is 0 Å². The Morgan fingerprint density at radius 1 is 1.37 bits per heavy atom. The Morgan fingerprint density at radius 2 is 2.00 bits per heavy atom. The van der Waals surface area contributed by atoms with Crippen LogP contribution in [0.3, 0.4) is 0 Å². The summed E-state index contributed by atoms with van der Waals surface area (Å²) >= 11 is 5.74. The van der Waals surface area contributed by atoms with Gasteiger partial charge in [-0.15, -0.1) is 0 Å². The van der Waals surface area contributed by atoms with Crippen LogP contribution in [0.4, 0.5) is 0 Å².